The Morgan fingerprint density at radius 2 is 1.64 bits per heavy atom. The second-order valence-corrected chi connectivity index (χ2v) is 1.67. The van der Waals surface area contributed by atoms with Crippen LogP contribution in [0.5, 0.6) is 5.75 Å². The molecule has 1 aromatic carbocycles. The summed E-state index contributed by atoms with van der Waals surface area (Å²) in [5.74, 6) is 0.146. The van der Waals surface area contributed by atoms with Crippen molar-refractivity contribution in [2.45, 2.75) is 0 Å². The van der Waals surface area contributed by atoms with Gasteiger partial charge in [0.2, 0.25) is 0 Å². The van der Waals surface area contributed by atoms with Crippen LogP contribution in [0, 0.1) is 0 Å². The van der Waals surface area contributed by atoms with E-state index in [2.05, 4.69) is 0 Å². The number of para-hydroxylation sites is 2. The van der Waals surface area contributed by atoms with Crippen LogP contribution in [-0.2, 0) is 0 Å². The first-order valence-corrected chi connectivity index (χ1v) is 2.86. The second kappa shape index (κ2) is 5.58. The highest BCUT2D eigenvalue weighted by Gasteiger charge is 1.87. The summed E-state index contributed by atoms with van der Waals surface area (Å²) in [6.07, 6.45) is 0. The molecule has 59 valence electrons. The molecule has 0 bridgehead atoms. The van der Waals surface area contributed by atoms with E-state index in [1.54, 1.807) is 24.3 Å². The average molecular weight is 154 g/mol. The van der Waals surface area contributed by atoms with Gasteiger partial charge in [0.05, 0.1) is 5.69 Å². The Morgan fingerprint density at radius 3 is 1.91 bits per heavy atom. The minimum Gasteiger partial charge on any atom is -0.506 e. The third-order valence-electron chi connectivity index (χ3n) is 0.937. The number of rotatable bonds is 0. The van der Waals surface area contributed by atoms with E-state index < -0.39 is 0 Å². The summed E-state index contributed by atoms with van der Waals surface area (Å²) in [6, 6.07) is 6.70. The van der Waals surface area contributed by atoms with Gasteiger partial charge in [-0.25, -0.2) is 0 Å². The van der Waals surface area contributed by atoms with Gasteiger partial charge in [-0.15, -0.1) is 0 Å². The van der Waals surface area contributed by atoms with Crippen LogP contribution < -0.4 is 5.73 Å². The lowest BCUT2D eigenvalue weighted by atomic mass is 10.3. The van der Waals surface area contributed by atoms with Crippen LogP contribution in [0.2, 0.25) is 0 Å². The molecule has 0 aromatic heterocycles. The number of anilines is 1. The predicted octanol–water partition coefficient (Wildman–Crippen LogP) is -0.520. The van der Waals surface area contributed by atoms with Gasteiger partial charge in [0.1, 0.15) is 5.75 Å². The molecule has 4 nitrogen and oxygen atoms in total. The predicted molar refractivity (Wildman–Crippen MR) is 42.7 cm³/mol. The van der Waals surface area contributed by atoms with Crippen LogP contribution in [-0.4, -0.2) is 22.8 Å². The summed E-state index contributed by atoms with van der Waals surface area (Å²) in [4.78, 5) is 0. The number of phenols is 1. The van der Waals surface area contributed by atoms with Crippen molar-refractivity contribution in [2.75, 3.05) is 5.73 Å². The van der Waals surface area contributed by atoms with Crippen LogP contribution in [0.15, 0.2) is 24.3 Å². The van der Waals surface area contributed by atoms with Crippen molar-refractivity contribution in [2.24, 2.45) is 0 Å². The zero-order valence-corrected chi connectivity index (χ0v) is 5.81. The molecular formula is C6H9BNO3. The summed E-state index contributed by atoms with van der Waals surface area (Å²) < 4.78 is 0. The molecule has 0 amide bonds. The fourth-order valence-electron chi connectivity index (χ4n) is 0.488. The molecule has 11 heavy (non-hydrogen) atoms. The Hall–Kier alpha value is -1.20. The monoisotopic (exact) mass is 154 g/mol. The minimum atomic E-state index is 0. The van der Waals surface area contributed by atoms with E-state index in [-0.39, 0.29) is 13.4 Å². The smallest absolute Gasteiger partial charge is 0.482 e. The number of nitrogens with two attached hydrogens (primary N) is 1. The lowest BCUT2D eigenvalue weighted by Crippen LogP contribution is -1.82. The van der Waals surface area contributed by atoms with E-state index in [0.717, 1.165) is 0 Å². The zero-order chi connectivity index (χ0) is 8.69. The fourth-order valence-corrected chi connectivity index (χ4v) is 0.488. The summed E-state index contributed by atoms with van der Waals surface area (Å²) in [5.41, 5.74) is 5.69. The first kappa shape index (κ1) is 9.80. The topological polar surface area (TPSA) is 86.7 Å². The van der Waals surface area contributed by atoms with Crippen LogP contribution in [0.4, 0.5) is 5.69 Å². The highest BCUT2D eigenvalue weighted by molar-refractivity contribution is 6.13. The van der Waals surface area contributed by atoms with Crippen molar-refractivity contribution in [1.82, 2.24) is 0 Å². The van der Waals surface area contributed by atoms with E-state index in [1.165, 1.54) is 0 Å². The first-order valence-electron chi connectivity index (χ1n) is 2.86. The maximum absolute atomic E-state index is 8.79. The zero-order valence-electron chi connectivity index (χ0n) is 5.81. The van der Waals surface area contributed by atoms with Crippen LogP contribution in [0.1, 0.15) is 0 Å². The maximum Gasteiger partial charge on any atom is 0.482 e. The van der Waals surface area contributed by atoms with Gasteiger partial charge < -0.3 is 20.9 Å². The van der Waals surface area contributed by atoms with Crippen molar-refractivity contribution in [1.29, 1.82) is 0 Å². The molecule has 0 spiro atoms. The number of aromatic hydroxyl groups is 1. The number of hydrogen-bond donors (Lipinski definition) is 4. The molecule has 0 unspecified atom stereocenters. The van der Waals surface area contributed by atoms with E-state index in [0.29, 0.717) is 5.69 Å². The fraction of sp³-hybridized carbons (Fsp3) is 0. The molecular weight excluding hydrogens is 145 g/mol. The van der Waals surface area contributed by atoms with Gasteiger partial charge in [-0.1, -0.05) is 12.1 Å². The Kier molecular flexibility index (Phi) is 4.97. The third-order valence-corrected chi connectivity index (χ3v) is 0.937. The van der Waals surface area contributed by atoms with Gasteiger partial charge in [0.15, 0.2) is 0 Å². The second-order valence-electron chi connectivity index (χ2n) is 1.67. The molecule has 0 saturated heterocycles. The molecule has 0 saturated carbocycles. The molecule has 0 aliphatic carbocycles. The number of benzene rings is 1. The van der Waals surface area contributed by atoms with Gasteiger partial charge in [0, 0.05) is 0 Å². The van der Waals surface area contributed by atoms with Crippen molar-refractivity contribution in [3.8, 4) is 5.75 Å². The Labute approximate surface area is 65.2 Å². The SMILES string of the molecule is Nc1ccccc1O.O[B]O. The number of nitrogen functional groups attached to an aromatic ring is 1. The van der Waals surface area contributed by atoms with Gasteiger partial charge in [-0.3, -0.25) is 0 Å². The number of hydrogen-bond acceptors (Lipinski definition) is 4. The molecule has 5 N–H and O–H groups in total. The molecule has 5 heteroatoms. The van der Waals surface area contributed by atoms with E-state index in [9.17, 15) is 0 Å². The van der Waals surface area contributed by atoms with E-state index in [4.69, 9.17) is 20.9 Å². The lowest BCUT2D eigenvalue weighted by molar-refractivity contribution is 0.448. The van der Waals surface area contributed by atoms with Gasteiger partial charge in [-0.05, 0) is 12.1 Å². The van der Waals surface area contributed by atoms with Crippen molar-refractivity contribution in [3.05, 3.63) is 24.3 Å². The highest BCUT2D eigenvalue weighted by Crippen LogP contribution is 2.16. The summed E-state index contributed by atoms with van der Waals surface area (Å²) in [7, 11) is 0. The Balaban J connectivity index is 0.000000292. The summed E-state index contributed by atoms with van der Waals surface area (Å²) in [6.45, 7) is 0. The quantitative estimate of drug-likeness (QED) is 0.230. The van der Waals surface area contributed by atoms with Crippen molar-refractivity contribution in [3.63, 3.8) is 0 Å². The molecule has 1 rings (SSSR count). The standard InChI is InChI=1S/C6H7NO.BH2O2/c7-5-3-1-2-4-6(5)8;2-1-3/h1-4,8H,7H2;2-3H. The Bertz CT molecular complexity index is 186. The molecule has 1 radical (unpaired) electrons. The largest absolute Gasteiger partial charge is 0.506 e. The van der Waals surface area contributed by atoms with Gasteiger partial charge >= 0.3 is 7.69 Å². The van der Waals surface area contributed by atoms with Gasteiger partial charge in [0.25, 0.3) is 0 Å². The molecule has 1 aromatic rings. The lowest BCUT2D eigenvalue weighted by Gasteiger charge is -1.92. The maximum atomic E-state index is 8.79. The normalized spacial score (nSPS) is 7.82. The highest BCUT2D eigenvalue weighted by atomic mass is 16.4. The number of phenolic OH excluding ortho intramolecular Hbond substituents is 1. The van der Waals surface area contributed by atoms with Crippen molar-refractivity contribution >= 4 is 13.4 Å². The average Bonchev–Trinajstić information content (AvgIpc) is 1.97. The Morgan fingerprint density at radius 1 is 1.18 bits per heavy atom. The molecule has 0 aliphatic heterocycles. The van der Waals surface area contributed by atoms with Crippen LogP contribution >= 0.6 is 0 Å². The molecule has 0 aliphatic rings. The van der Waals surface area contributed by atoms with Gasteiger partial charge in [-0.2, -0.15) is 0 Å². The van der Waals surface area contributed by atoms with E-state index in [1.807, 2.05) is 0 Å². The first-order chi connectivity index (χ1) is 5.22. The van der Waals surface area contributed by atoms with E-state index >= 15 is 0 Å². The molecule has 0 atom stereocenters. The van der Waals surface area contributed by atoms with Crippen LogP contribution in [0.25, 0.3) is 0 Å². The summed E-state index contributed by atoms with van der Waals surface area (Å²) in [5, 5.41) is 22.8. The summed E-state index contributed by atoms with van der Waals surface area (Å²) >= 11 is 0. The molecule has 0 fully saturated rings. The van der Waals surface area contributed by atoms with Crippen molar-refractivity contribution < 1.29 is 15.2 Å². The minimum absolute atomic E-state index is 0. The van der Waals surface area contributed by atoms with Crippen LogP contribution in [0.3, 0.4) is 0 Å². The third kappa shape index (κ3) is 4.24. The molecule has 0 heterocycles.